The molecule has 1 aliphatic heterocycles. The number of carbonyl (C=O) groups is 1. The molecule has 0 saturated carbocycles. The van der Waals surface area contributed by atoms with Gasteiger partial charge in [-0.05, 0) is 39.5 Å². The first-order valence-electron chi connectivity index (χ1n) is 7.48. The number of aromatic nitrogens is 1. The predicted molar refractivity (Wildman–Crippen MR) is 76.8 cm³/mol. The molecule has 1 unspecified atom stereocenters. The molecule has 21 heavy (non-hydrogen) atoms. The second-order valence-electron chi connectivity index (χ2n) is 5.92. The minimum Gasteiger partial charge on any atom is -0.393 e. The van der Waals surface area contributed by atoms with Crippen LogP contribution in [0.2, 0.25) is 0 Å². The Morgan fingerprint density at radius 3 is 2.76 bits per heavy atom. The molecule has 0 bridgehead atoms. The number of aryl methyl sites for hydroxylation is 2. The molecule has 1 aliphatic rings. The Morgan fingerprint density at radius 2 is 2.14 bits per heavy atom. The van der Waals surface area contributed by atoms with E-state index < -0.39 is 5.60 Å². The number of nitrogens with zero attached hydrogens (tertiary/aromatic N) is 2. The summed E-state index contributed by atoms with van der Waals surface area (Å²) in [5.74, 6) is 0.850. The van der Waals surface area contributed by atoms with Crippen molar-refractivity contribution in [3.05, 3.63) is 17.0 Å². The number of hydrogen-bond donors (Lipinski definition) is 2. The molecular weight excluding hydrogens is 272 g/mol. The van der Waals surface area contributed by atoms with E-state index in [9.17, 15) is 15.0 Å². The van der Waals surface area contributed by atoms with Crippen LogP contribution in [0.3, 0.4) is 0 Å². The first-order valence-corrected chi connectivity index (χ1v) is 7.48. The maximum Gasteiger partial charge on any atom is 0.222 e. The lowest BCUT2D eigenvalue weighted by atomic mass is 9.96. The summed E-state index contributed by atoms with van der Waals surface area (Å²) in [6.07, 6.45) is 2.73. The van der Waals surface area contributed by atoms with E-state index in [2.05, 4.69) is 5.16 Å². The minimum absolute atomic E-state index is 0.0807. The topological polar surface area (TPSA) is 86.8 Å². The zero-order chi connectivity index (χ0) is 15.5. The molecular formula is C15H24N2O4. The highest BCUT2D eigenvalue weighted by Crippen LogP contribution is 2.22. The highest BCUT2D eigenvalue weighted by atomic mass is 16.5. The number of aliphatic hydroxyl groups is 2. The van der Waals surface area contributed by atoms with Crippen LogP contribution in [-0.4, -0.2) is 51.5 Å². The normalized spacial score (nSPS) is 23.1. The number of amides is 1. The first kappa shape index (κ1) is 16.0. The number of hydrogen-bond acceptors (Lipinski definition) is 5. The molecule has 1 fully saturated rings. The van der Waals surface area contributed by atoms with Crippen LogP contribution in [0.4, 0.5) is 0 Å². The summed E-state index contributed by atoms with van der Waals surface area (Å²) in [6.45, 7) is 4.63. The molecule has 6 nitrogen and oxygen atoms in total. The van der Waals surface area contributed by atoms with E-state index in [1.165, 1.54) is 0 Å². The predicted octanol–water partition coefficient (Wildman–Crippen LogP) is 0.960. The summed E-state index contributed by atoms with van der Waals surface area (Å²) in [4.78, 5) is 14.1. The number of aliphatic hydroxyl groups excluding tert-OH is 1. The van der Waals surface area contributed by atoms with Crippen LogP contribution in [-0.2, 0) is 11.2 Å². The average molecular weight is 296 g/mol. The van der Waals surface area contributed by atoms with Crippen molar-refractivity contribution in [2.24, 2.45) is 0 Å². The number of carbonyl (C=O) groups excluding carboxylic acids is 1. The Morgan fingerprint density at radius 1 is 1.38 bits per heavy atom. The van der Waals surface area contributed by atoms with E-state index in [4.69, 9.17) is 4.52 Å². The second-order valence-corrected chi connectivity index (χ2v) is 5.92. The Bertz CT molecular complexity index is 480. The van der Waals surface area contributed by atoms with Crippen molar-refractivity contribution >= 4 is 5.91 Å². The van der Waals surface area contributed by atoms with Crippen LogP contribution in [0.1, 0.15) is 42.7 Å². The van der Waals surface area contributed by atoms with E-state index >= 15 is 0 Å². The Kier molecular flexibility index (Phi) is 5.00. The van der Waals surface area contributed by atoms with Gasteiger partial charge in [0.1, 0.15) is 5.76 Å². The number of rotatable bonds is 4. The van der Waals surface area contributed by atoms with Gasteiger partial charge in [-0.25, -0.2) is 0 Å². The third kappa shape index (κ3) is 3.83. The molecule has 1 amide bonds. The fraction of sp³-hybridized carbons (Fsp3) is 0.733. The molecule has 2 N–H and O–H groups in total. The zero-order valence-electron chi connectivity index (χ0n) is 12.8. The minimum atomic E-state index is -1.03. The van der Waals surface area contributed by atoms with Gasteiger partial charge in [-0.3, -0.25) is 4.79 Å². The Labute approximate surface area is 124 Å². The molecule has 2 heterocycles. The van der Waals surface area contributed by atoms with Gasteiger partial charge in [0.25, 0.3) is 0 Å². The summed E-state index contributed by atoms with van der Waals surface area (Å²) in [5, 5.41) is 23.2. The number of likely N-dealkylation sites (tertiary alicyclic amines) is 1. The lowest BCUT2D eigenvalue weighted by Gasteiger charge is -2.24. The molecule has 0 aromatic carbocycles. The third-order valence-corrected chi connectivity index (χ3v) is 4.33. The maximum atomic E-state index is 12.3. The second kappa shape index (κ2) is 6.58. The summed E-state index contributed by atoms with van der Waals surface area (Å²) in [7, 11) is 0. The third-order valence-electron chi connectivity index (χ3n) is 4.33. The van der Waals surface area contributed by atoms with Crippen LogP contribution in [0.25, 0.3) is 0 Å². The fourth-order valence-electron chi connectivity index (χ4n) is 2.84. The van der Waals surface area contributed by atoms with Gasteiger partial charge in [0, 0.05) is 25.1 Å². The van der Waals surface area contributed by atoms with Crippen molar-refractivity contribution < 1.29 is 19.5 Å². The maximum absolute atomic E-state index is 12.3. The van der Waals surface area contributed by atoms with Crippen molar-refractivity contribution in [1.29, 1.82) is 0 Å². The van der Waals surface area contributed by atoms with Crippen LogP contribution >= 0.6 is 0 Å². The molecule has 1 saturated heterocycles. The van der Waals surface area contributed by atoms with Gasteiger partial charge in [0.05, 0.1) is 17.9 Å². The molecule has 1 aromatic heterocycles. The van der Waals surface area contributed by atoms with E-state index in [-0.39, 0.29) is 12.5 Å². The summed E-state index contributed by atoms with van der Waals surface area (Å²) in [6, 6.07) is 0. The van der Waals surface area contributed by atoms with E-state index in [1.54, 1.807) is 4.90 Å². The first-order chi connectivity index (χ1) is 9.95. The van der Waals surface area contributed by atoms with Gasteiger partial charge in [0.15, 0.2) is 0 Å². The van der Waals surface area contributed by atoms with Gasteiger partial charge < -0.3 is 19.6 Å². The van der Waals surface area contributed by atoms with Crippen molar-refractivity contribution in [2.45, 2.75) is 51.6 Å². The van der Waals surface area contributed by atoms with Crippen LogP contribution < -0.4 is 0 Å². The van der Waals surface area contributed by atoms with Crippen molar-refractivity contribution in [3.63, 3.8) is 0 Å². The van der Waals surface area contributed by atoms with E-state index in [0.29, 0.717) is 45.2 Å². The quantitative estimate of drug-likeness (QED) is 0.864. The molecule has 0 aliphatic carbocycles. The highest BCUT2D eigenvalue weighted by molar-refractivity contribution is 5.76. The monoisotopic (exact) mass is 296 g/mol. The van der Waals surface area contributed by atoms with E-state index in [1.807, 2.05) is 13.8 Å². The van der Waals surface area contributed by atoms with Crippen LogP contribution in [0.5, 0.6) is 0 Å². The summed E-state index contributed by atoms with van der Waals surface area (Å²) >= 11 is 0. The van der Waals surface area contributed by atoms with Gasteiger partial charge in [-0.1, -0.05) is 5.16 Å². The molecule has 0 spiro atoms. The standard InChI is InChI=1S/C15H24N2O4/c1-11-13(12(2)21-16-11)4-5-14(19)17-8-3-6-15(20,10-18)7-9-17/h18,20H,3-10H2,1-2H3. The molecule has 1 atom stereocenters. The average Bonchev–Trinajstić information content (AvgIpc) is 2.67. The van der Waals surface area contributed by atoms with Gasteiger partial charge in [-0.2, -0.15) is 0 Å². The molecule has 6 heteroatoms. The highest BCUT2D eigenvalue weighted by Gasteiger charge is 2.30. The molecule has 118 valence electrons. The summed E-state index contributed by atoms with van der Waals surface area (Å²) in [5.41, 5.74) is 0.812. The van der Waals surface area contributed by atoms with Crippen LogP contribution in [0.15, 0.2) is 4.52 Å². The fourth-order valence-corrected chi connectivity index (χ4v) is 2.84. The summed E-state index contributed by atoms with van der Waals surface area (Å²) < 4.78 is 5.10. The molecule has 2 rings (SSSR count). The van der Waals surface area contributed by atoms with Gasteiger partial charge in [0.2, 0.25) is 5.91 Å². The molecule has 1 aromatic rings. The van der Waals surface area contributed by atoms with Gasteiger partial charge in [-0.15, -0.1) is 0 Å². The lowest BCUT2D eigenvalue weighted by Crippen LogP contribution is -2.36. The lowest BCUT2D eigenvalue weighted by molar-refractivity contribution is -0.131. The van der Waals surface area contributed by atoms with Crippen molar-refractivity contribution in [3.8, 4) is 0 Å². The molecule has 0 radical (unpaired) electrons. The Balaban J connectivity index is 1.89. The van der Waals surface area contributed by atoms with Crippen LogP contribution in [0, 0.1) is 13.8 Å². The van der Waals surface area contributed by atoms with Gasteiger partial charge >= 0.3 is 0 Å². The van der Waals surface area contributed by atoms with Crippen molar-refractivity contribution in [1.82, 2.24) is 10.1 Å². The smallest absolute Gasteiger partial charge is 0.222 e. The Hall–Kier alpha value is -1.40. The SMILES string of the molecule is Cc1noc(C)c1CCC(=O)N1CCCC(O)(CO)CC1. The van der Waals surface area contributed by atoms with Crippen molar-refractivity contribution in [2.75, 3.05) is 19.7 Å². The zero-order valence-corrected chi connectivity index (χ0v) is 12.8. The largest absolute Gasteiger partial charge is 0.393 e. The van der Waals surface area contributed by atoms with E-state index in [0.717, 1.165) is 17.0 Å².